The Bertz CT molecular complexity index is 449. The average molecular weight is 483 g/mol. The Morgan fingerprint density at radius 1 is 0.529 bits per heavy atom. The minimum atomic E-state index is -0.0154. The zero-order valence-electron chi connectivity index (χ0n) is 23.2. The van der Waals surface area contributed by atoms with Gasteiger partial charge in [-0.3, -0.25) is 9.59 Å². The Morgan fingerprint density at radius 3 is 1.38 bits per heavy atom. The van der Waals surface area contributed by atoms with Gasteiger partial charge in [-0.15, -0.1) is 0 Å². The fraction of sp³-hybridized carbons (Fsp3) is 0.933. The lowest BCUT2D eigenvalue weighted by molar-refractivity contribution is -0.149. The van der Waals surface area contributed by atoms with Crippen LogP contribution in [0.5, 0.6) is 0 Å². The summed E-state index contributed by atoms with van der Waals surface area (Å²) in [6, 6.07) is 0. The molecule has 1 atom stereocenters. The average Bonchev–Trinajstić information content (AvgIpc) is 2.83. The molecule has 0 aromatic heterocycles. The Labute approximate surface area is 212 Å². The molecule has 0 aliphatic carbocycles. The minimum absolute atomic E-state index is 0.0154. The summed E-state index contributed by atoms with van der Waals surface area (Å²) in [5.41, 5.74) is 0. The van der Waals surface area contributed by atoms with Gasteiger partial charge in [-0.2, -0.15) is 0 Å². The molecule has 0 spiro atoms. The molecule has 0 heterocycles. The van der Waals surface area contributed by atoms with E-state index in [1.165, 1.54) is 77.0 Å². The van der Waals surface area contributed by atoms with Gasteiger partial charge in [-0.1, -0.05) is 124 Å². The van der Waals surface area contributed by atoms with Crippen molar-refractivity contribution in [3.8, 4) is 0 Å². The van der Waals surface area contributed by atoms with Crippen molar-refractivity contribution in [2.75, 3.05) is 13.2 Å². The second-order valence-corrected chi connectivity index (χ2v) is 10.0. The summed E-state index contributed by atoms with van der Waals surface area (Å²) in [4.78, 5) is 23.6. The lowest BCUT2D eigenvalue weighted by Crippen LogP contribution is -2.17. The number of esters is 2. The zero-order chi connectivity index (χ0) is 25.1. The van der Waals surface area contributed by atoms with Crippen LogP contribution >= 0.6 is 0 Å². The Kier molecular flexibility index (Phi) is 25.7. The van der Waals surface area contributed by atoms with E-state index in [4.69, 9.17) is 9.47 Å². The van der Waals surface area contributed by atoms with Gasteiger partial charge < -0.3 is 9.47 Å². The van der Waals surface area contributed by atoms with Crippen LogP contribution in [0, 0.1) is 5.92 Å². The van der Waals surface area contributed by atoms with E-state index < -0.39 is 0 Å². The van der Waals surface area contributed by atoms with E-state index in [0.717, 1.165) is 57.8 Å². The first-order valence-electron chi connectivity index (χ1n) is 15.0. The van der Waals surface area contributed by atoms with Gasteiger partial charge in [0.15, 0.2) is 0 Å². The molecule has 0 fully saturated rings. The number of ether oxygens (including phenoxy) is 2. The number of hydrogen-bond acceptors (Lipinski definition) is 4. The minimum Gasteiger partial charge on any atom is -0.466 e. The van der Waals surface area contributed by atoms with Crippen LogP contribution in [-0.2, 0) is 19.1 Å². The van der Waals surface area contributed by atoms with Gasteiger partial charge in [0.2, 0.25) is 0 Å². The van der Waals surface area contributed by atoms with E-state index in [1.807, 2.05) is 0 Å². The first-order valence-corrected chi connectivity index (χ1v) is 15.0. The molecule has 0 rings (SSSR count). The maximum absolute atomic E-state index is 12.1. The van der Waals surface area contributed by atoms with Gasteiger partial charge in [-0.05, 0) is 32.1 Å². The van der Waals surface area contributed by atoms with Crippen LogP contribution in [0.25, 0.3) is 0 Å². The molecule has 0 aromatic carbocycles. The first kappa shape index (κ1) is 32.9. The lowest BCUT2D eigenvalue weighted by Gasteiger charge is -2.13. The van der Waals surface area contributed by atoms with Gasteiger partial charge in [0.05, 0.1) is 19.1 Å². The van der Waals surface area contributed by atoms with Crippen LogP contribution in [0.3, 0.4) is 0 Å². The molecule has 4 nitrogen and oxygen atoms in total. The molecule has 34 heavy (non-hydrogen) atoms. The van der Waals surface area contributed by atoms with Crippen molar-refractivity contribution in [1.82, 2.24) is 0 Å². The number of hydrogen-bond donors (Lipinski definition) is 0. The molecule has 0 aliphatic heterocycles. The molecular weight excluding hydrogens is 424 g/mol. The van der Waals surface area contributed by atoms with Crippen molar-refractivity contribution in [2.45, 2.75) is 162 Å². The van der Waals surface area contributed by atoms with Crippen molar-refractivity contribution in [2.24, 2.45) is 5.92 Å². The molecule has 0 amide bonds. The highest BCUT2D eigenvalue weighted by Gasteiger charge is 2.17. The van der Waals surface area contributed by atoms with Crippen LogP contribution in [-0.4, -0.2) is 25.2 Å². The van der Waals surface area contributed by atoms with Crippen molar-refractivity contribution in [3.05, 3.63) is 0 Å². The molecule has 202 valence electrons. The first-order chi connectivity index (χ1) is 16.7. The number of unbranched alkanes of at least 4 members (excludes halogenated alkanes) is 16. The highest BCUT2D eigenvalue weighted by atomic mass is 16.5. The van der Waals surface area contributed by atoms with Crippen molar-refractivity contribution >= 4 is 11.9 Å². The predicted molar refractivity (Wildman–Crippen MR) is 144 cm³/mol. The normalized spacial score (nSPS) is 12.0. The molecule has 0 saturated heterocycles. The third kappa shape index (κ3) is 22.7. The number of rotatable bonds is 26. The van der Waals surface area contributed by atoms with Gasteiger partial charge >= 0.3 is 11.9 Å². The smallest absolute Gasteiger partial charge is 0.308 e. The number of carbonyl (C=O) groups is 2. The van der Waals surface area contributed by atoms with Gasteiger partial charge in [0.25, 0.3) is 0 Å². The summed E-state index contributed by atoms with van der Waals surface area (Å²) in [5, 5.41) is 0. The second kappa shape index (κ2) is 26.5. The fourth-order valence-corrected chi connectivity index (χ4v) is 4.28. The lowest BCUT2D eigenvalue weighted by atomic mass is 9.97. The molecule has 0 N–H and O–H groups in total. The highest BCUT2D eigenvalue weighted by molar-refractivity contribution is 5.72. The standard InChI is InChI=1S/C30H58O4/c1-4-7-26-33-29(31)25-23-21-19-17-15-13-11-9-10-12-14-16-18-20-22-24-28(6-3)30(32)34-27-8-5-2/h28H,4-27H2,1-3H3. The maximum Gasteiger partial charge on any atom is 0.308 e. The Balaban J connectivity index is 3.30. The second-order valence-electron chi connectivity index (χ2n) is 10.0. The van der Waals surface area contributed by atoms with E-state index in [0.29, 0.717) is 19.6 Å². The molecule has 0 radical (unpaired) electrons. The quantitative estimate of drug-likeness (QED) is 0.0910. The van der Waals surface area contributed by atoms with Crippen molar-refractivity contribution < 1.29 is 19.1 Å². The molecule has 1 unspecified atom stereocenters. The van der Waals surface area contributed by atoms with Gasteiger partial charge in [-0.25, -0.2) is 0 Å². The van der Waals surface area contributed by atoms with Gasteiger partial charge in [0, 0.05) is 6.42 Å². The largest absolute Gasteiger partial charge is 0.466 e. The van der Waals surface area contributed by atoms with Crippen LogP contribution in [0.4, 0.5) is 0 Å². The Morgan fingerprint density at radius 2 is 0.941 bits per heavy atom. The van der Waals surface area contributed by atoms with Crippen LogP contribution in [0.2, 0.25) is 0 Å². The van der Waals surface area contributed by atoms with E-state index in [1.54, 1.807) is 0 Å². The van der Waals surface area contributed by atoms with E-state index in [-0.39, 0.29) is 17.9 Å². The van der Waals surface area contributed by atoms with Crippen LogP contribution in [0.1, 0.15) is 162 Å². The van der Waals surface area contributed by atoms with E-state index in [9.17, 15) is 9.59 Å². The summed E-state index contributed by atoms with van der Waals surface area (Å²) in [6.45, 7) is 7.51. The monoisotopic (exact) mass is 482 g/mol. The topological polar surface area (TPSA) is 52.6 Å². The summed E-state index contributed by atoms with van der Waals surface area (Å²) in [5.74, 6) is 0.116. The van der Waals surface area contributed by atoms with Gasteiger partial charge in [0.1, 0.15) is 0 Å². The molecule has 0 aromatic rings. The van der Waals surface area contributed by atoms with Crippen molar-refractivity contribution in [1.29, 1.82) is 0 Å². The number of carbonyl (C=O) groups excluding carboxylic acids is 2. The summed E-state index contributed by atoms with van der Waals surface area (Å²) < 4.78 is 10.6. The third-order valence-corrected chi connectivity index (χ3v) is 6.76. The molecular formula is C30H58O4. The van der Waals surface area contributed by atoms with Crippen LogP contribution in [0.15, 0.2) is 0 Å². The van der Waals surface area contributed by atoms with Crippen LogP contribution < -0.4 is 0 Å². The summed E-state index contributed by atoms with van der Waals surface area (Å²) in [7, 11) is 0. The summed E-state index contributed by atoms with van der Waals surface area (Å²) >= 11 is 0. The maximum atomic E-state index is 12.1. The predicted octanol–water partition coefficient (Wildman–Crippen LogP) is 9.33. The Hall–Kier alpha value is -1.06. The zero-order valence-corrected chi connectivity index (χ0v) is 23.2. The van der Waals surface area contributed by atoms with Crippen molar-refractivity contribution in [3.63, 3.8) is 0 Å². The summed E-state index contributed by atoms with van der Waals surface area (Å²) in [6.07, 6.45) is 25.9. The third-order valence-electron chi connectivity index (χ3n) is 6.76. The van der Waals surface area contributed by atoms with E-state index in [2.05, 4.69) is 20.8 Å². The molecule has 0 aliphatic rings. The molecule has 4 heteroatoms. The van der Waals surface area contributed by atoms with E-state index >= 15 is 0 Å². The molecule has 0 bridgehead atoms. The SMILES string of the molecule is CCCCOC(=O)CCCCCCCCCCCCCCCCCC(CC)C(=O)OCCCC. The molecule has 0 saturated carbocycles. The fourth-order valence-electron chi connectivity index (χ4n) is 4.28. The highest BCUT2D eigenvalue weighted by Crippen LogP contribution is 2.18.